The van der Waals surface area contributed by atoms with Crippen LogP contribution in [0.25, 0.3) is 11.4 Å². The van der Waals surface area contributed by atoms with E-state index in [9.17, 15) is 9.59 Å². The van der Waals surface area contributed by atoms with Gasteiger partial charge >= 0.3 is 5.97 Å². The second kappa shape index (κ2) is 7.50. The summed E-state index contributed by atoms with van der Waals surface area (Å²) in [5.41, 5.74) is 3.58. The highest BCUT2D eigenvalue weighted by Gasteiger charge is 2.26. The smallest absolute Gasteiger partial charge is 0.303 e. The van der Waals surface area contributed by atoms with Gasteiger partial charge in [0, 0.05) is 25.7 Å². The quantitative estimate of drug-likeness (QED) is 0.661. The monoisotopic (exact) mass is 395 g/mol. The number of hydrogen-bond donors (Lipinski definition) is 1. The highest BCUT2D eigenvalue weighted by atomic mass is 16.6. The van der Waals surface area contributed by atoms with Gasteiger partial charge < -0.3 is 14.6 Å². The molecule has 1 aliphatic rings. The van der Waals surface area contributed by atoms with E-state index in [0.29, 0.717) is 11.4 Å². The maximum absolute atomic E-state index is 12.4. The molecule has 0 fully saturated rings. The molecule has 0 spiro atoms. The number of nitrogens with zero attached hydrogens (tertiary/aromatic N) is 4. The van der Waals surface area contributed by atoms with E-state index in [-0.39, 0.29) is 17.8 Å². The van der Waals surface area contributed by atoms with Crippen molar-refractivity contribution in [3.63, 3.8) is 0 Å². The molecule has 0 bridgehead atoms. The lowest BCUT2D eigenvalue weighted by Gasteiger charge is -2.13. The van der Waals surface area contributed by atoms with Gasteiger partial charge in [0.25, 0.3) is 11.8 Å². The van der Waals surface area contributed by atoms with Crippen LogP contribution in [-0.2, 0) is 23.0 Å². The van der Waals surface area contributed by atoms with E-state index in [1.807, 2.05) is 18.2 Å². The molecule has 1 aliphatic carbocycles. The summed E-state index contributed by atoms with van der Waals surface area (Å²) >= 11 is 0. The molecule has 1 unspecified atom stereocenters. The number of aromatic nitrogens is 4. The van der Waals surface area contributed by atoms with E-state index in [4.69, 9.17) is 9.26 Å². The van der Waals surface area contributed by atoms with Gasteiger partial charge in [-0.25, -0.2) is 0 Å². The van der Waals surface area contributed by atoms with Gasteiger partial charge in [-0.05, 0) is 37.0 Å². The Kier molecular flexibility index (Phi) is 4.87. The fourth-order valence-electron chi connectivity index (χ4n) is 3.50. The van der Waals surface area contributed by atoms with Crippen molar-refractivity contribution < 1.29 is 18.8 Å². The van der Waals surface area contributed by atoms with Crippen molar-refractivity contribution in [2.24, 2.45) is 7.05 Å². The number of ether oxygens (including phenoxy) is 1. The number of rotatable bonds is 5. The number of fused-ring (bicyclic) bond motifs is 1. The van der Waals surface area contributed by atoms with Crippen LogP contribution in [0.2, 0.25) is 0 Å². The molecule has 150 valence electrons. The molecule has 1 aromatic carbocycles. The van der Waals surface area contributed by atoms with Crippen LogP contribution >= 0.6 is 0 Å². The zero-order chi connectivity index (χ0) is 20.5. The Bertz CT molecular complexity index is 1070. The van der Waals surface area contributed by atoms with E-state index >= 15 is 0 Å². The number of amides is 1. The van der Waals surface area contributed by atoms with Crippen LogP contribution in [0.4, 0.5) is 0 Å². The van der Waals surface area contributed by atoms with Crippen LogP contribution in [0, 0.1) is 0 Å². The van der Waals surface area contributed by atoms with Gasteiger partial charge in [0.15, 0.2) is 6.10 Å². The normalized spacial score (nSPS) is 16.3. The summed E-state index contributed by atoms with van der Waals surface area (Å²) in [7, 11) is 1.78. The second-order valence-corrected chi connectivity index (χ2v) is 7.09. The minimum absolute atomic E-state index is 0.0448. The number of nitrogens with one attached hydrogen (secondary N) is 1. The molecule has 1 N–H and O–H groups in total. The van der Waals surface area contributed by atoms with Crippen LogP contribution in [0.1, 0.15) is 59.8 Å². The highest BCUT2D eigenvalue weighted by molar-refractivity contribution is 5.94. The third kappa shape index (κ3) is 3.89. The number of carbonyl (C=O) groups excluding carboxylic acids is 2. The first-order valence-electron chi connectivity index (χ1n) is 9.34. The summed E-state index contributed by atoms with van der Waals surface area (Å²) in [4.78, 5) is 27.8. The predicted octanol–water partition coefficient (Wildman–Crippen LogP) is 2.51. The summed E-state index contributed by atoms with van der Waals surface area (Å²) in [6.45, 7) is 3.01. The molecule has 3 aromatic rings. The summed E-state index contributed by atoms with van der Waals surface area (Å²) < 4.78 is 11.9. The maximum Gasteiger partial charge on any atom is 0.303 e. The van der Waals surface area contributed by atoms with Crippen LogP contribution < -0.4 is 5.32 Å². The molecule has 2 heterocycles. The Balaban J connectivity index is 1.49. The van der Waals surface area contributed by atoms with Gasteiger partial charge in [-0.1, -0.05) is 17.3 Å². The van der Waals surface area contributed by atoms with Crippen LogP contribution in [0.15, 0.2) is 35.1 Å². The lowest BCUT2D eigenvalue weighted by molar-refractivity contribution is -0.147. The Morgan fingerprint density at radius 3 is 2.93 bits per heavy atom. The molecule has 0 aliphatic heterocycles. The molecule has 0 saturated carbocycles. The van der Waals surface area contributed by atoms with Crippen molar-refractivity contribution in [3.8, 4) is 11.4 Å². The Labute approximate surface area is 167 Å². The molecule has 29 heavy (non-hydrogen) atoms. The first kappa shape index (κ1) is 18.9. The first-order valence-corrected chi connectivity index (χ1v) is 9.34. The molecule has 9 heteroatoms. The average Bonchev–Trinajstić information content (AvgIpc) is 3.40. The van der Waals surface area contributed by atoms with Crippen molar-refractivity contribution in [2.75, 3.05) is 0 Å². The van der Waals surface area contributed by atoms with Crippen molar-refractivity contribution in [1.29, 1.82) is 0 Å². The molecule has 2 atom stereocenters. The SMILES string of the molecule is CC(=O)OC(C)c1nc(-c2ccc3c(c2)CC[C@H]3NC(=O)c2cnn(C)c2)no1. The van der Waals surface area contributed by atoms with Crippen molar-refractivity contribution >= 4 is 11.9 Å². The molecular formula is C20H21N5O4. The standard InChI is InChI=1S/C20H21N5O4/c1-11(28-12(2)26)20-23-18(24-29-20)14-4-6-16-13(8-14)5-7-17(16)22-19(27)15-9-21-25(3)10-15/h4,6,8-11,17H,5,7H2,1-3H3,(H,22,27)/t11?,17-/m1/s1. The third-order valence-electron chi connectivity index (χ3n) is 4.88. The largest absolute Gasteiger partial charge is 0.453 e. The zero-order valence-electron chi connectivity index (χ0n) is 16.4. The topological polar surface area (TPSA) is 112 Å². The average molecular weight is 395 g/mol. The maximum atomic E-state index is 12.4. The van der Waals surface area contributed by atoms with E-state index in [0.717, 1.165) is 29.5 Å². The van der Waals surface area contributed by atoms with Crippen molar-refractivity contribution in [1.82, 2.24) is 25.2 Å². The van der Waals surface area contributed by atoms with Gasteiger partial charge in [-0.2, -0.15) is 10.1 Å². The van der Waals surface area contributed by atoms with Gasteiger partial charge in [0.1, 0.15) is 0 Å². The second-order valence-electron chi connectivity index (χ2n) is 7.09. The minimum atomic E-state index is -0.602. The number of carbonyl (C=O) groups is 2. The molecule has 2 aromatic heterocycles. The molecule has 0 saturated heterocycles. The van der Waals surface area contributed by atoms with Gasteiger partial charge in [0.2, 0.25) is 5.82 Å². The summed E-state index contributed by atoms with van der Waals surface area (Å²) in [6, 6.07) is 5.85. The van der Waals surface area contributed by atoms with E-state index in [2.05, 4.69) is 20.6 Å². The summed E-state index contributed by atoms with van der Waals surface area (Å²) in [5.74, 6) is 0.137. The van der Waals surface area contributed by atoms with Crippen LogP contribution in [-0.4, -0.2) is 31.8 Å². The van der Waals surface area contributed by atoms with E-state index in [1.165, 1.54) is 6.92 Å². The zero-order valence-corrected chi connectivity index (χ0v) is 16.4. The minimum Gasteiger partial charge on any atom is -0.453 e. The Morgan fingerprint density at radius 2 is 2.21 bits per heavy atom. The third-order valence-corrected chi connectivity index (χ3v) is 4.88. The predicted molar refractivity (Wildman–Crippen MR) is 102 cm³/mol. The van der Waals surface area contributed by atoms with Crippen molar-refractivity contribution in [2.45, 2.75) is 38.8 Å². The Morgan fingerprint density at radius 1 is 1.38 bits per heavy atom. The van der Waals surface area contributed by atoms with E-state index in [1.54, 1.807) is 31.0 Å². The number of benzene rings is 1. The first-order chi connectivity index (χ1) is 13.9. The van der Waals surface area contributed by atoms with Crippen LogP contribution in [0.5, 0.6) is 0 Å². The summed E-state index contributed by atoms with van der Waals surface area (Å²) in [5, 5.41) is 11.1. The van der Waals surface area contributed by atoms with Gasteiger partial charge in [-0.3, -0.25) is 14.3 Å². The van der Waals surface area contributed by atoms with Gasteiger partial charge in [0.05, 0.1) is 17.8 Å². The fourth-order valence-corrected chi connectivity index (χ4v) is 3.50. The Hall–Kier alpha value is -3.49. The number of aryl methyl sites for hydroxylation is 2. The number of esters is 1. The van der Waals surface area contributed by atoms with Crippen molar-refractivity contribution in [3.05, 3.63) is 53.2 Å². The number of hydrogen-bond acceptors (Lipinski definition) is 7. The fraction of sp³-hybridized carbons (Fsp3) is 0.350. The highest BCUT2D eigenvalue weighted by Crippen LogP contribution is 2.34. The molecule has 0 radical (unpaired) electrons. The summed E-state index contributed by atoms with van der Waals surface area (Å²) in [6.07, 6.45) is 4.31. The van der Waals surface area contributed by atoms with Crippen LogP contribution in [0.3, 0.4) is 0 Å². The molecule has 4 rings (SSSR count). The lowest BCUT2D eigenvalue weighted by Crippen LogP contribution is -2.26. The van der Waals surface area contributed by atoms with E-state index < -0.39 is 12.1 Å². The lowest BCUT2D eigenvalue weighted by atomic mass is 10.0. The molecule has 1 amide bonds. The molecular weight excluding hydrogens is 374 g/mol. The molecule has 9 nitrogen and oxygen atoms in total. The van der Waals surface area contributed by atoms with Gasteiger partial charge in [-0.15, -0.1) is 0 Å².